The van der Waals surface area contributed by atoms with Crippen molar-refractivity contribution >= 4 is 21.4 Å². The van der Waals surface area contributed by atoms with Crippen molar-refractivity contribution < 1.29 is 21.6 Å². The topological polar surface area (TPSA) is 64.8 Å². The summed E-state index contributed by atoms with van der Waals surface area (Å²) in [6.07, 6.45) is -3.69. The van der Waals surface area contributed by atoms with Crippen LogP contribution in [0.1, 0.15) is 11.4 Å². The van der Waals surface area contributed by atoms with Gasteiger partial charge < -0.3 is 0 Å². The molecule has 27 heavy (non-hydrogen) atoms. The predicted octanol–water partition coefficient (Wildman–Crippen LogP) is 4.32. The van der Waals surface area contributed by atoms with Crippen LogP contribution in [0.15, 0.2) is 47.4 Å². The Balaban J connectivity index is 2.19. The molecule has 0 aliphatic heterocycles. The highest BCUT2D eigenvalue weighted by molar-refractivity contribution is 7.90. The van der Waals surface area contributed by atoms with Gasteiger partial charge in [0.25, 0.3) is 5.82 Å². The number of aryl methyl sites for hydroxylation is 1. The summed E-state index contributed by atoms with van der Waals surface area (Å²) in [4.78, 5) is 3.68. The monoisotopic (exact) mass is 415 g/mol. The Morgan fingerprint density at radius 2 is 1.70 bits per heavy atom. The average molecular weight is 416 g/mol. The lowest BCUT2D eigenvalue weighted by molar-refractivity contribution is -0.144. The van der Waals surface area contributed by atoms with Gasteiger partial charge in [-0.2, -0.15) is 13.2 Å². The number of halogens is 4. The summed E-state index contributed by atoms with van der Waals surface area (Å²) in [5.74, 6) is -1.33. The lowest BCUT2D eigenvalue weighted by atomic mass is 10.1. The highest BCUT2D eigenvalue weighted by Crippen LogP contribution is 2.31. The Kier molecular flexibility index (Phi) is 4.77. The largest absolute Gasteiger partial charge is 0.453 e. The molecule has 0 atom stereocenters. The molecule has 2 aromatic carbocycles. The van der Waals surface area contributed by atoms with Crippen molar-refractivity contribution in [1.29, 1.82) is 0 Å². The van der Waals surface area contributed by atoms with E-state index in [4.69, 9.17) is 11.6 Å². The molecule has 5 nitrogen and oxygen atoms in total. The zero-order valence-corrected chi connectivity index (χ0v) is 15.7. The van der Waals surface area contributed by atoms with Crippen molar-refractivity contribution in [3.63, 3.8) is 0 Å². The SMILES string of the molecule is Cc1cc(-c2nc(C(F)(F)F)nn2-c2ccc(S(C)(=O)=O)cc2)ccc1Cl. The van der Waals surface area contributed by atoms with E-state index in [1.54, 1.807) is 25.1 Å². The van der Waals surface area contributed by atoms with Crippen LogP contribution in [0.5, 0.6) is 0 Å². The second-order valence-electron chi connectivity index (χ2n) is 5.90. The molecule has 0 saturated carbocycles. The number of rotatable bonds is 3. The second-order valence-corrected chi connectivity index (χ2v) is 8.32. The van der Waals surface area contributed by atoms with Crippen molar-refractivity contribution in [2.45, 2.75) is 18.0 Å². The summed E-state index contributed by atoms with van der Waals surface area (Å²) in [7, 11) is -3.43. The fourth-order valence-electron chi connectivity index (χ4n) is 2.42. The highest BCUT2D eigenvalue weighted by Gasteiger charge is 2.37. The number of hydrogen-bond donors (Lipinski definition) is 0. The van der Waals surface area contributed by atoms with Crippen molar-refractivity contribution in [1.82, 2.24) is 14.8 Å². The molecular formula is C17H13ClF3N3O2S. The van der Waals surface area contributed by atoms with Gasteiger partial charge in [0.05, 0.1) is 10.6 Å². The molecule has 0 amide bonds. The van der Waals surface area contributed by atoms with Crippen molar-refractivity contribution in [3.05, 3.63) is 58.9 Å². The van der Waals surface area contributed by atoms with Gasteiger partial charge in [-0.1, -0.05) is 11.6 Å². The molecule has 142 valence electrons. The minimum atomic E-state index is -4.73. The first kappa shape index (κ1) is 19.4. The first-order valence-corrected chi connectivity index (χ1v) is 9.85. The highest BCUT2D eigenvalue weighted by atomic mass is 35.5. The third-order valence-corrected chi connectivity index (χ3v) is 5.34. The molecule has 0 aliphatic carbocycles. The predicted molar refractivity (Wildman–Crippen MR) is 94.7 cm³/mol. The number of aromatic nitrogens is 3. The first-order chi connectivity index (χ1) is 12.5. The van der Waals surface area contributed by atoms with Gasteiger partial charge >= 0.3 is 6.18 Å². The number of sulfone groups is 1. The summed E-state index contributed by atoms with van der Waals surface area (Å²) in [5, 5.41) is 4.04. The van der Waals surface area contributed by atoms with E-state index in [-0.39, 0.29) is 16.4 Å². The van der Waals surface area contributed by atoms with E-state index < -0.39 is 21.8 Å². The Labute approximate surface area is 158 Å². The minimum absolute atomic E-state index is 0.0332. The smallest absolute Gasteiger partial charge is 0.224 e. The van der Waals surface area contributed by atoms with Crippen LogP contribution >= 0.6 is 11.6 Å². The van der Waals surface area contributed by atoms with Gasteiger partial charge in [0.2, 0.25) is 0 Å². The van der Waals surface area contributed by atoms with Gasteiger partial charge in [-0.3, -0.25) is 0 Å². The van der Waals surface area contributed by atoms with Gasteiger partial charge in [0.15, 0.2) is 15.7 Å². The van der Waals surface area contributed by atoms with Crippen LogP contribution in [0.25, 0.3) is 17.1 Å². The minimum Gasteiger partial charge on any atom is -0.224 e. The zero-order chi connectivity index (χ0) is 20.0. The van der Waals surface area contributed by atoms with E-state index in [0.717, 1.165) is 10.9 Å². The van der Waals surface area contributed by atoms with Gasteiger partial charge in [-0.05, 0) is 55.0 Å². The van der Waals surface area contributed by atoms with Crippen molar-refractivity contribution in [2.24, 2.45) is 0 Å². The van der Waals surface area contributed by atoms with Gasteiger partial charge in [-0.25, -0.2) is 18.1 Å². The van der Waals surface area contributed by atoms with E-state index in [1.165, 1.54) is 24.3 Å². The number of nitrogens with zero attached hydrogens (tertiary/aromatic N) is 3. The summed E-state index contributed by atoms with van der Waals surface area (Å²) in [5.41, 5.74) is 1.31. The third kappa shape index (κ3) is 3.98. The summed E-state index contributed by atoms with van der Waals surface area (Å²) < 4.78 is 63.6. The number of benzene rings is 2. The van der Waals surface area contributed by atoms with E-state index in [2.05, 4.69) is 10.1 Å². The Morgan fingerprint density at radius 1 is 1.07 bits per heavy atom. The lowest BCUT2D eigenvalue weighted by Gasteiger charge is -2.08. The standard InChI is InChI=1S/C17H13ClF3N3O2S/c1-10-9-11(3-8-14(10)18)15-22-16(17(19,20)21)23-24(15)12-4-6-13(7-5-12)27(2,25)26/h3-9H,1-2H3. The van der Waals surface area contributed by atoms with E-state index in [9.17, 15) is 21.6 Å². The quantitative estimate of drug-likeness (QED) is 0.639. The Morgan fingerprint density at radius 3 is 2.22 bits per heavy atom. The molecule has 10 heteroatoms. The normalized spacial score (nSPS) is 12.4. The number of alkyl halides is 3. The van der Waals surface area contributed by atoms with Crippen LogP contribution < -0.4 is 0 Å². The lowest BCUT2D eigenvalue weighted by Crippen LogP contribution is -2.08. The summed E-state index contributed by atoms with van der Waals surface area (Å²) >= 11 is 5.98. The van der Waals surface area contributed by atoms with Crippen LogP contribution in [0, 0.1) is 6.92 Å². The van der Waals surface area contributed by atoms with Crippen molar-refractivity contribution in [2.75, 3.05) is 6.26 Å². The molecule has 0 unspecified atom stereocenters. The maximum atomic E-state index is 13.1. The fraction of sp³-hybridized carbons (Fsp3) is 0.176. The van der Waals surface area contributed by atoms with E-state index >= 15 is 0 Å². The fourth-order valence-corrected chi connectivity index (χ4v) is 3.17. The molecule has 3 rings (SSSR count). The van der Waals surface area contributed by atoms with Crippen LogP contribution in [0.3, 0.4) is 0 Å². The van der Waals surface area contributed by atoms with Gasteiger partial charge in [0, 0.05) is 16.8 Å². The van der Waals surface area contributed by atoms with Crippen LogP contribution in [-0.4, -0.2) is 29.4 Å². The first-order valence-electron chi connectivity index (χ1n) is 7.58. The molecule has 0 aliphatic rings. The number of hydrogen-bond acceptors (Lipinski definition) is 4. The molecule has 0 bridgehead atoms. The van der Waals surface area contributed by atoms with Gasteiger partial charge in [-0.15, -0.1) is 5.10 Å². The average Bonchev–Trinajstić information content (AvgIpc) is 3.02. The molecule has 0 spiro atoms. The maximum Gasteiger partial charge on any atom is 0.453 e. The molecule has 1 aromatic heterocycles. The third-order valence-electron chi connectivity index (χ3n) is 3.79. The van der Waals surface area contributed by atoms with Crippen LogP contribution in [0.4, 0.5) is 13.2 Å². The Bertz CT molecular complexity index is 1110. The molecule has 0 N–H and O–H groups in total. The maximum absolute atomic E-state index is 13.1. The van der Waals surface area contributed by atoms with E-state index in [0.29, 0.717) is 16.1 Å². The van der Waals surface area contributed by atoms with Gasteiger partial charge in [0.1, 0.15) is 0 Å². The zero-order valence-electron chi connectivity index (χ0n) is 14.1. The Hall–Kier alpha value is -2.39. The molecular weight excluding hydrogens is 403 g/mol. The molecule has 0 radical (unpaired) electrons. The van der Waals surface area contributed by atoms with Crippen molar-refractivity contribution in [3.8, 4) is 17.1 Å². The molecule has 0 fully saturated rings. The van der Waals surface area contributed by atoms with Crippen LogP contribution in [-0.2, 0) is 16.0 Å². The summed E-state index contributed by atoms with van der Waals surface area (Å²) in [6.45, 7) is 1.72. The van der Waals surface area contributed by atoms with Crippen LogP contribution in [0.2, 0.25) is 5.02 Å². The molecule has 1 heterocycles. The molecule has 3 aromatic rings. The molecule has 0 saturated heterocycles. The second kappa shape index (κ2) is 6.65. The summed E-state index contributed by atoms with van der Waals surface area (Å²) in [6, 6.07) is 10.1. The van der Waals surface area contributed by atoms with E-state index in [1.807, 2.05) is 0 Å².